The quantitative estimate of drug-likeness (QED) is 0.518. The number of aromatic hydroxyl groups is 1. The molecule has 1 saturated heterocycles. The number of ether oxygens (including phenoxy) is 1. The van der Waals surface area contributed by atoms with Crippen LogP contribution in [0.1, 0.15) is 30.6 Å². The topological polar surface area (TPSA) is 118 Å². The monoisotopic (exact) mass is 416 g/mol. The zero-order valence-corrected chi connectivity index (χ0v) is 16.2. The number of carbonyl (C=O) groups excluding carboxylic acids is 1. The number of likely N-dealkylation sites (tertiary alicyclic amines) is 1. The number of rotatable bonds is 3. The number of fused-ring (bicyclic) bond motifs is 6. The summed E-state index contributed by atoms with van der Waals surface area (Å²) in [6.45, 7) is 7.61. The highest BCUT2D eigenvalue weighted by Crippen LogP contribution is 2.49. The molecule has 0 radical (unpaired) electrons. The van der Waals surface area contributed by atoms with Gasteiger partial charge in [-0.05, 0) is 6.42 Å². The summed E-state index contributed by atoms with van der Waals surface area (Å²) in [6.07, 6.45) is 1.45. The summed E-state index contributed by atoms with van der Waals surface area (Å²) in [7, 11) is 0. The van der Waals surface area contributed by atoms with Crippen LogP contribution in [0.4, 0.5) is 10.6 Å². The van der Waals surface area contributed by atoms with E-state index in [1.165, 1.54) is 20.2 Å². The lowest BCUT2D eigenvalue weighted by Gasteiger charge is -2.26. The number of aromatic nitrogens is 3. The SMILES string of the molecule is [C-]#[N+]c1ncc(-n2c(O)c3n(c2=O)C2CC3N(C(=O)OCCC#N)C2)c2ccccc12. The summed E-state index contributed by atoms with van der Waals surface area (Å²) in [4.78, 5) is 34.8. The molecule has 2 aliphatic heterocycles. The van der Waals surface area contributed by atoms with Crippen LogP contribution < -0.4 is 5.69 Å². The lowest BCUT2D eigenvalue weighted by Crippen LogP contribution is -2.38. The molecule has 4 heterocycles. The predicted molar refractivity (Wildman–Crippen MR) is 108 cm³/mol. The first-order valence-electron chi connectivity index (χ1n) is 9.68. The van der Waals surface area contributed by atoms with Crippen LogP contribution in [0, 0.1) is 17.9 Å². The van der Waals surface area contributed by atoms with Crippen molar-refractivity contribution in [2.45, 2.75) is 24.9 Å². The average Bonchev–Trinajstić information content (AvgIpc) is 3.45. The zero-order valence-electron chi connectivity index (χ0n) is 16.2. The molecule has 31 heavy (non-hydrogen) atoms. The number of nitriles is 1. The van der Waals surface area contributed by atoms with E-state index in [4.69, 9.17) is 16.6 Å². The first kappa shape index (κ1) is 18.7. The van der Waals surface area contributed by atoms with Crippen molar-refractivity contribution in [3.05, 3.63) is 58.1 Å². The normalized spacial score (nSPS) is 18.6. The van der Waals surface area contributed by atoms with Gasteiger partial charge in [-0.1, -0.05) is 30.8 Å². The Morgan fingerprint density at radius 2 is 2.16 bits per heavy atom. The Kier molecular flexibility index (Phi) is 4.15. The molecule has 1 aromatic carbocycles. The van der Waals surface area contributed by atoms with Crippen LogP contribution in [0.3, 0.4) is 0 Å². The minimum Gasteiger partial charge on any atom is -0.493 e. The second-order valence-electron chi connectivity index (χ2n) is 7.40. The van der Waals surface area contributed by atoms with Gasteiger partial charge in [-0.15, -0.1) is 4.98 Å². The number of amides is 1. The molecule has 2 unspecified atom stereocenters. The molecule has 1 N–H and O–H groups in total. The largest absolute Gasteiger partial charge is 0.493 e. The number of benzene rings is 1. The van der Waals surface area contributed by atoms with Crippen LogP contribution in [0.2, 0.25) is 0 Å². The van der Waals surface area contributed by atoms with Crippen molar-refractivity contribution < 1.29 is 14.6 Å². The van der Waals surface area contributed by atoms with E-state index in [9.17, 15) is 14.7 Å². The maximum atomic E-state index is 13.3. The van der Waals surface area contributed by atoms with Gasteiger partial charge in [0.2, 0.25) is 5.88 Å². The second-order valence-corrected chi connectivity index (χ2v) is 7.40. The molecule has 0 aliphatic carbocycles. The van der Waals surface area contributed by atoms with Crippen molar-refractivity contribution in [2.24, 2.45) is 0 Å². The fraction of sp³-hybridized carbons (Fsp3) is 0.286. The van der Waals surface area contributed by atoms with Crippen LogP contribution in [0.5, 0.6) is 5.88 Å². The molecule has 10 nitrogen and oxygen atoms in total. The van der Waals surface area contributed by atoms with Gasteiger partial charge >= 0.3 is 11.8 Å². The highest BCUT2D eigenvalue weighted by atomic mass is 16.6. The Morgan fingerprint density at radius 3 is 2.90 bits per heavy atom. The van der Waals surface area contributed by atoms with E-state index < -0.39 is 17.8 Å². The Hall–Kier alpha value is -4.31. The lowest BCUT2D eigenvalue weighted by atomic mass is 10.1. The van der Waals surface area contributed by atoms with Crippen LogP contribution in [-0.2, 0) is 4.74 Å². The van der Waals surface area contributed by atoms with Crippen molar-refractivity contribution in [3.8, 4) is 17.6 Å². The molecule has 2 aromatic heterocycles. The number of imidazole rings is 1. The van der Waals surface area contributed by atoms with Gasteiger partial charge in [-0.2, -0.15) is 5.26 Å². The van der Waals surface area contributed by atoms with Crippen LogP contribution in [-0.4, -0.2) is 43.4 Å². The van der Waals surface area contributed by atoms with Gasteiger partial charge < -0.3 is 14.7 Å². The third-order valence-corrected chi connectivity index (χ3v) is 5.83. The van der Waals surface area contributed by atoms with Gasteiger partial charge in [0.25, 0.3) is 5.82 Å². The van der Waals surface area contributed by atoms with E-state index in [2.05, 4.69) is 9.83 Å². The fourth-order valence-corrected chi connectivity index (χ4v) is 4.56. The van der Waals surface area contributed by atoms with Gasteiger partial charge in [0.05, 0.1) is 24.6 Å². The van der Waals surface area contributed by atoms with Crippen molar-refractivity contribution >= 4 is 22.7 Å². The molecule has 2 bridgehead atoms. The number of pyridine rings is 1. The molecule has 10 heteroatoms. The third-order valence-electron chi connectivity index (χ3n) is 5.83. The molecule has 154 valence electrons. The van der Waals surface area contributed by atoms with E-state index in [1.807, 2.05) is 6.07 Å². The van der Waals surface area contributed by atoms with Crippen molar-refractivity contribution in [1.29, 1.82) is 5.26 Å². The van der Waals surface area contributed by atoms with E-state index >= 15 is 0 Å². The maximum absolute atomic E-state index is 13.3. The zero-order chi connectivity index (χ0) is 21.7. The molecule has 2 aliphatic rings. The summed E-state index contributed by atoms with van der Waals surface area (Å²) in [5, 5.41) is 20.9. The summed E-state index contributed by atoms with van der Waals surface area (Å²) in [5.74, 6) is -0.0421. The number of carbonyl (C=O) groups is 1. The van der Waals surface area contributed by atoms with Crippen molar-refractivity contribution in [3.63, 3.8) is 0 Å². The van der Waals surface area contributed by atoms with Crippen molar-refractivity contribution in [1.82, 2.24) is 19.0 Å². The molecule has 0 spiro atoms. The fourth-order valence-electron chi connectivity index (χ4n) is 4.56. The molecule has 3 aromatic rings. The molecular weight excluding hydrogens is 400 g/mol. The number of hydrogen-bond donors (Lipinski definition) is 1. The van der Waals surface area contributed by atoms with E-state index in [-0.39, 0.29) is 30.8 Å². The minimum absolute atomic E-state index is 0.00587. The van der Waals surface area contributed by atoms with Gasteiger partial charge in [-0.3, -0.25) is 9.47 Å². The first-order valence-corrected chi connectivity index (χ1v) is 9.68. The van der Waals surface area contributed by atoms with Crippen LogP contribution in [0.15, 0.2) is 35.3 Å². The smallest absolute Gasteiger partial charge is 0.410 e. The van der Waals surface area contributed by atoms with Gasteiger partial charge in [0.1, 0.15) is 24.2 Å². The van der Waals surface area contributed by atoms with E-state index in [0.717, 1.165) is 0 Å². The van der Waals surface area contributed by atoms with E-state index in [1.54, 1.807) is 24.3 Å². The molecule has 2 atom stereocenters. The Morgan fingerprint density at radius 1 is 1.39 bits per heavy atom. The number of hydrogen-bond acceptors (Lipinski definition) is 6. The highest BCUT2D eigenvalue weighted by molar-refractivity contribution is 5.97. The Labute approximate surface area is 175 Å². The first-order chi connectivity index (χ1) is 15.1. The van der Waals surface area contributed by atoms with Gasteiger partial charge in [-0.25, -0.2) is 14.2 Å². The van der Waals surface area contributed by atoms with Gasteiger partial charge in [0.15, 0.2) is 0 Å². The molecule has 0 saturated carbocycles. The summed E-state index contributed by atoms with van der Waals surface area (Å²) < 4.78 is 7.84. The van der Waals surface area contributed by atoms with Crippen LogP contribution in [0.25, 0.3) is 21.3 Å². The average molecular weight is 416 g/mol. The van der Waals surface area contributed by atoms with E-state index in [0.29, 0.717) is 35.1 Å². The Bertz CT molecular complexity index is 1380. The van der Waals surface area contributed by atoms with Crippen LogP contribution >= 0.6 is 0 Å². The molecule has 1 fully saturated rings. The summed E-state index contributed by atoms with van der Waals surface area (Å²) in [5.41, 5.74) is 0.312. The van der Waals surface area contributed by atoms with Crippen molar-refractivity contribution in [2.75, 3.05) is 13.2 Å². The lowest BCUT2D eigenvalue weighted by molar-refractivity contribution is 0.0945. The summed E-state index contributed by atoms with van der Waals surface area (Å²) in [6, 6.07) is 8.23. The minimum atomic E-state index is -0.567. The standard InChI is InChI=1S/C21H16N6O4/c1-23-18-14-6-3-2-5-13(14)16(10-24-18)27-19(28)17-15-9-12(26(17)20(27)29)11-25(15)21(30)31-8-4-7-22/h2-3,5-6,10,12,15,28H,4,8-9,11H2. The highest BCUT2D eigenvalue weighted by Gasteiger charge is 2.49. The second kappa shape index (κ2) is 6.89. The Balaban J connectivity index is 1.60. The molecular formula is C21H16N6O4. The third kappa shape index (κ3) is 2.58. The van der Waals surface area contributed by atoms with Gasteiger partial charge in [0, 0.05) is 17.3 Å². The molecule has 5 rings (SSSR count). The predicted octanol–water partition coefficient (Wildman–Crippen LogP) is 2.80. The summed E-state index contributed by atoms with van der Waals surface area (Å²) >= 11 is 0. The number of nitrogens with zero attached hydrogens (tertiary/aromatic N) is 6. The maximum Gasteiger partial charge on any atom is 0.410 e. The molecule has 1 amide bonds.